The lowest BCUT2D eigenvalue weighted by molar-refractivity contribution is -0.148. The highest BCUT2D eigenvalue weighted by molar-refractivity contribution is 5.80. The van der Waals surface area contributed by atoms with Crippen molar-refractivity contribution >= 4 is 5.97 Å². The maximum Gasteiger partial charge on any atom is 0.325 e. The fourth-order valence-electron chi connectivity index (χ4n) is 1.24. The molecule has 0 aromatic carbocycles. The molecule has 0 aliphatic carbocycles. The molecule has 0 amide bonds. The van der Waals surface area contributed by atoms with Crippen LogP contribution in [0.2, 0.25) is 0 Å². The Labute approximate surface area is 97.4 Å². The first-order chi connectivity index (χ1) is 7.60. The highest BCUT2D eigenvalue weighted by Crippen LogP contribution is 2.11. The van der Waals surface area contributed by atoms with Crippen molar-refractivity contribution in [3.05, 3.63) is 0 Å². The number of carbonyl (C=O) groups excluding carboxylic acids is 1. The normalized spacial score (nSPS) is 14.5. The summed E-state index contributed by atoms with van der Waals surface area (Å²) in [4.78, 5) is 11.5. The average molecular weight is 233 g/mol. The molecule has 0 bridgehead atoms. The van der Waals surface area contributed by atoms with Crippen LogP contribution in [0.3, 0.4) is 0 Å². The van der Waals surface area contributed by atoms with Crippen molar-refractivity contribution in [2.75, 3.05) is 41.1 Å². The van der Waals surface area contributed by atoms with E-state index >= 15 is 0 Å². The van der Waals surface area contributed by atoms with Gasteiger partial charge in [-0.3, -0.25) is 4.79 Å². The van der Waals surface area contributed by atoms with Gasteiger partial charge in [-0.2, -0.15) is 0 Å². The SMILES string of the molecule is CNC(C)(CCOCCCOC)C(=O)OC. The first-order valence-corrected chi connectivity index (χ1v) is 5.44. The first kappa shape index (κ1) is 15.3. The minimum atomic E-state index is -0.671. The lowest BCUT2D eigenvalue weighted by Crippen LogP contribution is -2.49. The number of rotatable bonds is 9. The van der Waals surface area contributed by atoms with Crippen LogP contribution in [0.4, 0.5) is 0 Å². The quantitative estimate of drug-likeness (QED) is 0.466. The van der Waals surface area contributed by atoms with Crippen LogP contribution >= 0.6 is 0 Å². The van der Waals surface area contributed by atoms with Crippen molar-refractivity contribution in [2.24, 2.45) is 0 Å². The summed E-state index contributed by atoms with van der Waals surface area (Å²) in [5, 5.41) is 2.95. The van der Waals surface area contributed by atoms with Gasteiger partial charge in [-0.05, 0) is 26.8 Å². The molecule has 1 N–H and O–H groups in total. The van der Waals surface area contributed by atoms with Crippen LogP contribution in [0.15, 0.2) is 0 Å². The van der Waals surface area contributed by atoms with Crippen molar-refractivity contribution in [3.63, 3.8) is 0 Å². The van der Waals surface area contributed by atoms with E-state index < -0.39 is 5.54 Å². The molecule has 0 radical (unpaired) electrons. The standard InChI is InChI=1S/C11H23NO4/c1-11(12-2,10(13)15-4)6-9-16-8-5-7-14-3/h12H,5-9H2,1-4H3. The van der Waals surface area contributed by atoms with E-state index in [0.29, 0.717) is 26.2 Å². The van der Waals surface area contributed by atoms with E-state index in [9.17, 15) is 4.79 Å². The molecule has 0 heterocycles. The number of ether oxygens (including phenoxy) is 3. The van der Waals surface area contributed by atoms with Gasteiger partial charge in [-0.25, -0.2) is 0 Å². The van der Waals surface area contributed by atoms with Crippen LogP contribution in [-0.4, -0.2) is 52.6 Å². The molecule has 96 valence electrons. The molecule has 0 saturated carbocycles. The Hall–Kier alpha value is -0.650. The molecule has 0 rings (SSSR count). The van der Waals surface area contributed by atoms with E-state index in [-0.39, 0.29) is 5.97 Å². The Balaban J connectivity index is 3.74. The molecule has 0 saturated heterocycles. The molecule has 5 heteroatoms. The Morgan fingerprint density at radius 1 is 1.25 bits per heavy atom. The van der Waals surface area contributed by atoms with Gasteiger partial charge in [0.15, 0.2) is 0 Å². The number of hydrogen-bond donors (Lipinski definition) is 1. The zero-order valence-electron chi connectivity index (χ0n) is 10.7. The van der Waals surface area contributed by atoms with Gasteiger partial charge in [0.1, 0.15) is 5.54 Å². The topological polar surface area (TPSA) is 56.8 Å². The molecule has 5 nitrogen and oxygen atoms in total. The van der Waals surface area contributed by atoms with Crippen LogP contribution in [-0.2, 0) is 19.0 Å². The fourth-order valence-corrected chi connectivity index (χ4v) is 1.24. The van der Waals surface area contributed by atoms with Crippen molar-refractivity contribution < 1.29 is 19.0 Å². The Kier molecular flexibility index (Phi) is 8.15. The molecule has 0 aliphatic rings. The minimum absolute atomic E-state index is 0.268. The fraction of sp³-hybridized carbons (Fsp3) is 0.909. The maximum absolute atomic E-state index is 11.5. The molecule has 0 spiro atoms. The number of hydrogen-bond acceptors (Lipinski definition) is 5. The summed E-state index contributed by atoms with van der Waals surface area (Å²) in [6.45, 7) is 3.67. The van der Waals surface area contributed by atoms with E-state index in [2.05, 4.69) is 5.32 Å². The van der Waals surface area contributed by atoms with Crippen LogP contribution in [0.1, 0.15) is 19.8 Å². The highest BCUT2D eigenvalue weighted by Gasteiger charge is 2.31. The molecule has 0 aromatic heterocycles. The zero-order valence-corrected chi connectivity index (χ0v) is 10.7. The highest BCUT2D eigenvalue weighted by atomic mass is 16.5. The van der Waals surface area contributed by atoms with Gasteiger partial charge in [-0.15, -0.1) is 0 Å². The minimum Gasteiger partial charge on any atom is -0.468 e. The van der Waals surface area contributed by atoms with Crippen LogP contribution in [0.5, 0.6) is 0 Å². The largest absolute Gasteiger partial charge is 0.468 e. The molecule has 1 unspecified atom stereocenters. The molecule has 0 aromatic rings. The molecular weight excluding hydrogens is 210 g/mol. The van der Waals surface area contributed by atoms with Gasteiger partial charge < -0.3 is 19.5 Å². The van der Waals surface area contributed by atoms with Crippen molar-refractivity contribution in [3.8, 4) is 0 Å². The monoisotopic (exact) mass is 233 g/mol. The smallest absolute Gasteiger partial charge is 0.325 e. The van der Waals surface area contributed by atoms with Crippen molar-refractivity contribution in [1.82, 2.24) is 5.32 Å². The molecule has 16 heavy (non-hydrogen) atoms. The van der Waals surface area contributed by atoms with E-state index in [1.807, 2.05) is 0 Å². The summed E-state index contributed by atoms with van der Waals surface area (Å²) < 4.78 is 15.0. The number of methoxy groups -OCH3 is 2. The van der Waals surface area contributed by atoms with Gasteiger partial charge in [0.2, 0.25) is 0 Å². The predicted octanol–water partition coefficient (Wildman–Crippen LogP) is 0.581. The van der Waals surface area contributed by atoms with E-state index in [1.165, 1.54) is 7.11 Å². The summed E-state index contributed by atoms with van der Waals surface area (Å²) in [6, 6.07) is 0. The Morgan fingerprint density at radius 3 is 2.44 bits per heavy atom. The number of esters is 1. The van der Waals surface area contributed by atoms with Crippen molar-refractivity contribution in [2.45, 2.75) is 25.3 Å². The van der Waals surface area contributed by atoms with Crippen LogP contribution in [0, 0.1) is 0 Å². The van der Waals surface area contributed by atoms with E-state index in [4.69, 9.17) is 14.2 Å². The third-order valence-corrected chi connectivity index (χ3v) is 2.57. The van der Waals surface area contributed by atoms with Gasteiger partial charge in [0.25, 0.3) is 0 Å². The summed E-state index contributed by atoms with van der Waals surface area (Å²) in [5.74, 6) is -0.268. The Morgan fingerprint density at radius 2 is 1.94 bits per heavy atom. The van der Waals surface area contributed by atoms with Crippen molar-refractivity contribution in [1.29, 1.82) is 0 Å². The maximum atomic E-state index is 11.5. The lowest BCUT2D eigenvalue weighted by atomic mass is 9.99. The molecule has 1 atom stereocenters. The van der Waals surface area contributed by atoms with Gasteiger partial charge >= 0.3 is 5.97 Å². The number of likely N-dealkylation sites (N-methyl/N-ethyl adjacent to an activating group) is 1. The second kappa shape index (κ2) is 8.50. The summed E-state index contributed by atoms with van der Waals surface area (Å²) in [5.41, 5.74) is -0.671. The zero-order chi connectivity index (χ0) is 12.4. The second-order valence-electron chi connectivity index (χ2n) is 3.78. The predicted molar refractivity (Wildman–Crippen MR) is 61.4 cm³/mol. The molecular formula is C11H23NO4. The third-order valence-electron chi connectivity index (χ3n) is 2.57. The third kappa shape index (κ3) is 5.44. The lowest BCUT2D eigenvalue weighted by Gasteiger charge is -2.25. The van der Waals surface area contributed by atoms with E-state index in [1.54, 1.807) is 21.1 Å². The average Bonchev–Trinajstić information content (AvgIpc) is 2.32. The van der Waals surface area contributed by atoms with Gasteiger partial charge in [-0.1, -0.05) is 0 Å². The summed E-state index contributed by atoms with van der Waals surface area (Å²) in [6.07, 6.45) is 1.45. The number of nitrogens with one attached hydrogen (secondary N) is 1. The van der Waals surface area contributed by atoms with Crippen LogP contribution in [0.25, 0.3) is 0 Å². The van der Waals surface area contributed by atoms with Crippen LogP contribution < -0.4 is 5.32 Å². The summed E-state index contributed by atoms with van der Waals surface area (Å²) >= 11 is 0. The van der Waals surface area contributed by atoms with Gasteiger partial charge in [0, 0.05) is 26.9 Å². The van der Waals surface area contributed by atoms with Gasteiger partial charge in [0.05, 0.1) is 7.11 Å². The second-order valence-corrected chi connectivity index (χ2v) is 3.78. The van der Waals surface area contributed by atoms with E-state index in [0.717, 1.165) is 6.42 Å². The molecule has 0 aliphatic heterocycles. The molecule has 0 fully saturated rings. The number of carbonyl (C=O) groups is 1. The first-order valence-electron chi connectivity index (χ1n) is 5.44. The Bertz CT molecular complexity index is 198. The summed E-state index contributed by atoms with van der Waals surface area (Å²) in [7, 11) is 4.79.